The van der Waals surface area contributed by atoms with Gasteiger partial charge in [-0.2, -0.15) is 5.10 Å². The fourth-order valence-corrected chi connectivity index (χ4v) is 1.85. The van der Waals surface area contributed by atoms with Crippen LogP contribution < -0.4 is 11.1 Å². The van der Waals surface area contributed by atoms with Crippen LogP contribution in [0.25, 0.3) is 0 Å². The first-order valence-corrected chi connectivity index (χ1v) is 6.54. The second kappa shape index (κ2) is 6.06. The van der Waals surface area contributed by atoms with E-state index in [2.05, 4.69) is 10.4 Å². The number of aryl methyl sites for hydroxylation is 1. The van der Waals surface area contributed by atoms with E-state index in [1.165, 1.54) is 0 Å². The van der Waals surface area contributed by atoms with Gasteiger partial charge in [0.1, 0.15) is 0 Å². The molecule has 1 atom stereocenters. The van der Waals surface area contributed by atoms with Crippen molar-refractivity contribution in [1.29, 1.82) is 0 Å². The predicted octanol–water partition coefficient (Wildman–Crippen LogP) is 1.01. The molecule has 1 amide bonds. The van der Waals surface area contributed by atoms with Crippen LogP contribution in [-0.2, 0) is 6.54 Å². The van der Waals surface area contributed by atoms with Gasteiger partial charge in [0.05, 0.1) is 5.69 Å². The summed E-state index contributed by atoms with van der Waals surface area (Å²) in [7, 11) is 0. The van der Waals surface area contributed by atoms with E-state index in [1.807, 2.05) is 27.7 Å². The first-order chi connectivity index (χ1) is 8.79. The minimum Gasteiger partial charge on any atom is -0.396 e. The third-order valence-electron chi connectivity index (χ3n) is 3.10. The summed E-state index contributed by atoms with van der Waals surface area (Å²) >= 11 is 0. The number of nitrogens with two attached hydrogens (primary N) is 1. The first kappa shape index (κ1) is 15.5. The molecule has 0 fully saturated rings. The molecular weight excluding hydrogens is 244 g/mol. The van der Waals surface area contributed by atoms with E-state index in [-0.39, 0.29) is 29.7 Å². The molecule has 0 aromatic carbocycles. The Labute approximate surface area is 114 Å². The van der Waals surface area contributed by atoms with Gasteiger partial charge in [-0.3, -0.25) is 9.48 Å². The Morgan fingerprint density at radius 2 is 2.21 bits per heavy atom. The maximum absolute atomic E-state index is 12.2. The molecule has 0 spiro atoms. The molecule has 1 unspecified atom stereocenters. The molecule has 0 aliphatic heterocycles. The number of amides is 1. The molecule has 0 aliphatic rings. The van der Waals surface area contributed by atoms with Crippen molar-refractivity contribution in [2.75, 3.05) is 12.3 Å². The molecule has 0 saturated carbocycles. The number of aromatic nitrogens is 2. The number of carbonyl (C=O) groups excluding carboxylic acids is 1. The van der Waals surface area contributed by atoms with Crippen LogP contribution in [0.15, 0.2) is 6.20 Å². The molecule has 0 saturated heterocycles. The Kier molecular flexibility index (Phi) is 4.94. The fourth-order valence-electron chi connectivity index (χ4n) is 1.85. The number of anilines is 1. The number of carbonyl (C=O) groups is 1. The summed E-state index contributed by atoms with van der Waals surface area (Å²) in [4.78, 5) is 12.2. The average Bonchev–Trinajstić information content (AvgIpc) is 2.68. The maximum atomic E-state index is 12.2. The van der Waals surface area contributed by atoms with Gasteiger partial charge in [0.25, 0.3) is 5.91 Å². The first-order valence-electron chi connectivity index (χ1n) is 6.54. The van der Waals surface area contributed by atoms with Crippen molar-refractivity contribution in [1.82, 2.24) is 15.1 Å². The van der Waals surface area contributed by atoms with Gasteiger partial charge < -0.3 is 16.2 Å². The number of aliphatic hydroxyl groups excluding tert-OH is 1. The van der Waals surface area contributed by atoms with Crippen LogP contribution in [0.1, 0.15) is 44.6 Å². The minimum absolute atomic E-state index is 0.0289. The van der Waals surface area contributed by atoms with Gasteiger partial charge >= 0.3 is 0 Å². The lowest BCUT2D eigenvalue weighted by molar-refractivity contribution is 0.0880. The Morgan fingerprint density at radius 3 is 2.63 bits per heavy atom. The molecule has 1 aromatic heterocycles. The summed E-state index contributed by atoms with van der Waals surface area (Å²) in [5.74, 6) is -0.293. The quantitative estimate of drug-likeness (QED) is 0.743. The van der Waals surface area contributed by atoms with Gasteiger partial charge in [-0.25, -0.2) is 0 Å². The molecule has 4 N–H and O–H groups in total. The maximum Gasteiger partial charge on any atom is 0.274 e. The highest BCUT2D eigenvalue weighted by Gasteiger charge is 2.27. The molecule has 0 bridgehead atoms. The van der Waals surface area contributed by atoms with Crippen molar-refractivity contribution in [2.45, 2.75) is 46.7 Å². The molecule has 1 heterocycles. The summed E-state index contributed by atoms with van der Waals surface area (Å²) in [5, 5.41) is 16.1. The van der Waals surface area contributed by atoms with Crippen molar-refractivity contribution in [3.8, 4) is 0 Å². The second-order valence-corrected chi connectivity index (χ2v) is 5.69. The smallest absolute Gasteiger partial charge is 0.274 e. The van der Waals surface area contributed by atoms with E-state index < -0.39 is 0 Å². The van der Waals surface area contributed by atoms with Gasteiger partial charge in [0.15, 0.2) is 5.69 Å². The summed E-state index contributed by atoms with van der Waals surface area (Å²) in [5.41, 5.74) is 6.26. The monoisotopic (exact) mass is 268 g/mol. The number of hydrogen-bond donors (Lipinski definition) is 3. The molecule has 108 valence electrons. The SMILES string of the molecule is CCn1cc(N)c(C(=O)NC(CCO)C(C)(C)C)n1. The standard InChI is InChI=1S/C13H24N4O2/c1-5-17-8-9(14)11(16-17)12(19)15-10(6-7-18)13(2,3)4/h8,10,18H,5-7,14H2,1-4H3,(H,15,19). The van der Waals surface area contributed by atoms with Gasteiger partial charge in [0, 0.05) is 25.4 Å². The summed E-state index contributed by atoms with van der Waals surface area (Å²) in [6, 6.07) is -0.129. The highest BCUT2D eigenvalue weighted by atomic mass is 16.3. The summed E-state index contributed by atoms with van der Waals surface area (Å²) in [6.07, 6.45) is 2.15. The number of rotatable bonds is 5. The molecule has 1 aromatic rings. The van der Waals surface area contributed by atoms with E-state index >= 15 is 0 Å². The van der Waals surface area contributed by atoms with Crippen LogP contribution in [0.5, 0.6) is 0 Å². The number of nitrogens with one attached hydrogen (secondary N) is 1. The van der Waals surface area contributed by atoms with Crippen molar-refractivity contribution in [3.63, 3.8) is 0 Å². The van der Waals surface area contributed by atoms with Crippen LogP contribution in [0, 0.1) is 5.41 Å². The third kappa shape index (κ3) is 3.96. The highest BCUT2D eigenvalue weighted by Crippen LogP contribution is 2.22. The zero-order chi connectivity index (χ0) is 14.6. The van der Waals surface area contributed by atoms with Crippen molar-refractivity contribution >= 4 is 11.6 Å². The van der Waals surface area contributed by atoms with E-state index in [4.69, 9.17) is 10.8 Å². The Morgan fingerprint density at radius 1 is 1.58 bits per heavy atom. The van der Waals surface area contributed by atoms with E-state index in [0.29, 0.717) is 18.7 Å². The van der Waals surface area contributed by atoms with Gasteiger partial charge in [0.2, 0.25) is 0 Å². The Hall–Kier alpha value is -1.56. The van der Waals surface area contributed by atoms with Crippen LogP contribution in [0.3, 0.4) is 0 Å². The number of hydrogen-bond acceptors (Lipinski definition) is 4. The largest absolute Gasteiger partial charge is 0.396 e. The van der Waals surface area contributed by atoms with Crippen molar-refractivity contribution in [2.24, 2.45) is 5.41 Å². The molecule has 0 radical (unpaired) electrons. The van der Waals surface area contributed by atoms with Crippen molar-refractivity contribution in [3.05, 3.63) is 11.9 Å². The number of nitrogen functional groups attached to an aromatic ring is 1. The molecule has 6 heteroatoms. The van der Waals surface area contributed by atoms with E-state index in [0.717, 1.165) is 0 Å². The minimum atomic E-state index is -0.293. The van der Waals surface area contributed by atoms with E-state index in [9.17, 15) is 4.79 Å². The third-order valence-corrected chi connectivity index (χ3v) is 3.10. The topological polar surface area (TPSA) is 93.2 Å². The molecule has 1 rings (SSSR count). The lowest BCUT2D eigenvalue weighted by Gasteiger charge is -2.30. The summed E-state index contributed by atoms with van der Waals surface area (Å²) in [6.45, 7) is 8.67. The normalized spacial score (nSPS) is 13.3. The fraction of sp³-hybridized carbons (Fsp3) is 0.692. The van der Waals surface area contributed by atoms with Crippen LogP contribution in [0.2, 0.25) is 0 Å². The molecule has 0 aliphatic carbocycles. The highest BCUT2D eigenvalue weighted by molar-refractivity contribution is 5.97. The number of aliphatic hydroxyl groups is 1. The zero-order valence-corrected chi connectivity index (χ0v) is 12.1. The van der Waals surface area contributed by atoms with Crippen molar-refractivity contribution < 1.29 is 9.90 Å². The number of nitrogens with zero attached hydrogens (tertiary/aromatic N) is 2. The predicted molar refractivity (Wildman–Crippen MR) is 74.7 cm³/mol. The lowest BCUT2D eigenvalue weighted by atomic mass is 9.85. The lowest BCUT2D eigenvalue weighted by Crippen LogP contribution is -2.44. The van der Waals surface area contributed by atoms with Gasteiger partial charge in [-0.1, -0.05) is 20.8 Å². The van der Waals surface area contributed by atoms with E-state index in [1.54, 1.807) is 10.9 Å². The van der Waals surface area contributed by atoms with Gasteiger partial charge in [-0.15, -0.1) is 0 Å². The van der Waals surface area contributed by atoms with Crippen LogP contribution in [-0.4, -0.2) is 33.4 Å². The van der Waals surface area contributed by atoms with Gasteiger partial charge in [-0.05, 0) is 18.8 Å². The molecule has 19 heavy (non-hydrogen) atoms. The Bertz CT molecular complexity index is 434. The Balaban J connectivity index is 2.84. The second-order valence-electron chi connectivity index (χ2n) is 5.69. The van der Waals surface area contributed by atoms with Crippen LogP contribution >= 0.6 is 0 Å². The summed E-state index contributed by atoms with van der Waals surface area (Å²) < 4.78 is 1.63. The molecule has 6 nitrogen and oxygen atoms in total. The zero-order valence-electron chi connectivity index (χ0n) is 12.1. The van der Waals surface area contributed by atoms with Crippen LogP contribution in [0.4, 0.5) is 5.69 Å². The average molecular weight is 268 g/mol. The molecular formula is C13H24N4O2.